The highest BCUT2D eigenvalue weighted by Crippen LogP contribution is 2.50. The molecule has 1 aromatic carbocycles. The van der Waals surface area contributed by atoms with Crippen molar-refractivity contribution in [1.82, 2.24) is 9.97 Å². The van der Waals surface area contributed by atoms with E-state index in [2.05, 4.69) is 0 Å². The molecule has 1 heterocycles. The van der Waals surface area contributed by atoms with E-state index in [-0.39, 0.29) is 18.3 Å². The molecule has 7 nitrogen and oxygen atoms in total. The lowest BCUT2D eigenvalue weighted by Gasteiger charge is -2.38. The number of aliphatic hydroxyl groups excluding tert-OH is 2. The number of aromatic nitrogens is 2. The van der Waals surface area contributed by atoms with Crippen LogP contribution in [0.3, 0.4) is 0 Å². The average Bonchev–Trinajstić information content (AvgIpc) is 2.65. The second-order valence-electron chi connectivity index (χ2n) is 8.82. The van der Waals surface area contributed by atoms with Gasteiger partial charge in [-0.3, -0.25) is 4.79 Å². The highest BCUT2D eigenvalue weighted by Gasteiger charge is 2.39. The molecular weight excluding hydrogens is 401 g/mol. The first kappa shape index (κ1) is 23.1. The van der Waals surface area contributed by atoms with Crippen LogP contribution in [-0.4, -0.2) is 57.6 Å². The first-order valence-corrected chi connectivity index (χ1v) is 10.5. The Balaban J connectivity index is 2.17. The third-order valence-corrected chi connectivity index (χ3v) is 5.87. The second kappa shape index (κ2) is 8.88. The molecule has 0 amide bonds. The summed E-state index contributed by atoms with van der Waals surface area (Å²) in [6, 6.07) is 4.44. The summed E-state index contributed by atoms with van der Waals surface area (Å²) in [4.78, 5) is 22.3. The number of anilines is 1. The molecule has 0 saturated carbocycles. The standard InChI is InChI=1S/C23H30FN3O4/c1-11(2)21-20-12(3)19(17(29)9-14(28)10-18(30)31)16-8-13(24)6-7-15(16)22(20)26-23(25-21)27(4)5/h6-8,11-12,14,17,19,28-29H,9-10H2,1-5H3,(H,30,31)/t12?,14?,17?,19-/m0/s1. The van der Waals surface area contributed by atoms with Crippen molar-refractivity contribution in [3.05, 3.63) is 40.8 Å². The molecule has 1 aromatic heterocycles. The third kappa shape index (κ3) is 4.55. The second-order valence-corrected chi connectivity index (χ2v) is 8.82. The van der Waals surface area contributed by atoms with Gasteiger partial charge in [-0.05, 0) is 35.6 Å². The zero-order valence-corrected chi connectivity index (χ0v) is 18.5. The smallest absolute Gasteiger partial charge is 0.305 e. The van der Waals surface area contributed by atoms with Crippen LogP contribution in [0.1, 0.15) is 68.2 Å². The summed E-state index contributed by atoms with van der Waals surface area (Å²) in [5, 5.41) is 30.1. The Kier molecular flexibility index (Phi) is 6.62. The number of rotatable bonds is 7. The number of hydrogen-bond donors (Lipinski definition) is 3. The van der Waals surface area contributed by atoms with E-state index in [0.717, 1.165) is 22.5 Å². The van der Waals surface area contributed by atoms with E-state index in [1.807, 2.05) is 39.8 Å². The number of hydrogen-bond acceptors (Lipinski definition) is 6. The quantitative estimate of drug-likeness (QED) is 0.618. The molecule has 0 radical (unpaired) electrons. The number of carboxylic acids is 1. The fourth-order valence-electron chi connectivity index (χ4n) is 4.49. The summed E-state index contributed by atoms with van der Waals surface area (Å²) in [6.45, 7) is 6.02. The number of nitrogens with zero attached hydrogens (tertiary/aromatic N) is 3. The van der Waals surface area contributed by atoms with Crippen molar-refractivity contribution in [2.45, 2.75) is 63.6 Å². The van der Waals surface area contributed by atoms with Gasteiger partial charge in [-0.15, -0.1) is 0 Å². The minimum atomic E-state index is -1.20. The maximum Gasteiger partial charge on any atom is 0.305 e. The summed E-state index contributed by atoms with van der Waals surface area (Å²) in [6.07, 6.45) is -2.85. The van der Waals surface area contributed by atoms with Crippen LogP contribution < -0.4 is 4.90 Å². The van der Waals surface area contributed by atoms with Crippen LogP contribution in [0.5, 0.6) is 0 Å². The Morgan fingerprint density at radius 2 is 1.90 bits per heavy atom. The van der Waals surface area contributed by atoms with Crippen molar-refractivity contribution in [2.24, 2.45) is 0 Å². The van der Waals surface area contributed by atoms with Gasteiger partial charge in [0.2, 0.25) is 5.95 Å². The van der Waals surface area contributed by atoms with Crippen LogP contribution in [0.25, 0.3) is 11.3 Å². The van der Waals surface area contributed by atoms with Crippen LogP contribution in [-0.2, 0) is 4.79 Å². The van der Waals surface area contributed by atoms with Gasteiger partial charge in [0.05, 0.1) is 30.0 Å². The summed E-state index contributed by atoms with van der Waals surface area (Å²) in [5.41, 5.74) is 3.81. The van der Waals surface area contributed by atoms with E-state index in [1.54, 1.807) is 6.07 Å². The number of fused-ring (bicyclic) bond motifs is 3. The molecule has 0 fully saturated rings. The van der Waals surface area contributed by atoms with Crippen molar-refractivity contribution in [3.63, 3.8) is 0 Å². The molecule has 8 heteroatoms. The number of aliphatic hydroxyl groups is 2. The molecule has 168 valence electrons. The van der Waals surface area contributed by atoms with E-state index in [4.69, 9.17) is 15.1 Å². The van der Waals surface area contributed by atoms with Crippen LogP contribution in [0.4, 0.5) is 10.3 Å². The van der Waals surface area contributed by atoms with Crippen molar-refractivity contribution in [2.75, 3.05) is 19.0 Å². The predicted octanol–water partition coefficient (Wildman–Crippen LogP) is 3.26. The fourth-order valence-corrected chi connectivity index (χ4v) is 4.49. The van der Waals surface area contributed by atoms with Crippen molar-refractivity contribution in [1.29, 1.82) is 0 Å². The molecule has 0 bridgehead atoms. The van der Waals surface area contributed by atoms with E-state index >= 15 is 0 Å². The molecule has 0 saturated heterocycles. The molecule has 4 atom stereocenters. The van der Waals surface area contributed by atoms with Gasteiger partial charge in [0.25, 0.3) is 0 Å². The molecule has 1 aliphatic rings. The monoisotopic (exact) mass is 431 g/mol. The summed E-state index contributed by atoms with van der Waals surface area (Å²) >= 11 is 0. The zero-order valence-electron chi connectivity index (χ0n) is 18.5. The van der Waals surface area contributed by atoms with Crippen molar-refractivity contribution < 1.29 is 24.5 Å². The molecule has 0 spiro atoms. The minimum Gasteiger partial charge on any atom is -0.481 e. The summed E-state index contributed by atoms with van der Waals surface area (Å²) < 4.78 is 14.2. The maximum atomic E-state index is 14.2. The Morgan fingerprint density at radius 3 is 2.48 bits per heavy atom. The molecule has 3 unspecified atom stereocenters. The molecule has 31 heavy (non-hydrogen) atoms. The molecule has 0 aliphatic heterocycles. The molecule has 3 rings (SSSR count). The fraction of sp³-hybridized carbons (Fsp3) is 0.522. The van der Waals surface area contributed by atoms with Crippen LogP contribution >= 0.6 is 0 Å². The van der Waals surface area contributed by atoms with Crippen molar-refractivity contribution in [3.8, 4) is 11.3 Å². The normalized spacial score (nSPS) is 19.5. The van der Waals surface area contributed by atoms with Gasteiger partial charge in [-0.2, -0.15) is 0 Å². The Labute approximate surface area is 181 Å². The van der Waals surface area contributed by atoms with Crippen LogP contribution in [0.2, 0.25) is 0 Å². The first-order chi connectivity index (χ1) is 14.5. The van der Waals surface area contributed by atoms with Crippen LogP contribution in [0, 0.1) is 5.82 Å². The predicted molar refractivity (Wildman–Crippen MR) is 116 cm³/mol. The number of benzene rings is 1. The topological polar surface area (TPSA) is 107 Å². The molecule has 3 N–H and O–H groups in total. The van der Waals surface area contributed by atoms with Gasteiger partial charge in [0.15, 0.2) is 0 Å². The van der Waals surface area contributed by atoms with E-state index in [0.29, 0.717) is 11.5 Å². The van der Waals surface area contributed by atoms with Gasteiger partial charge in [0.1, 0.15) is 5.82 Å². The number of carbonyl (C=O) groups is 1. The van der Waals surface area contributed by atoms with Gasteiger partial charge >= 0.3 is 5.97 Å². The Morgan fingerprint density at radius 1 is 1.23 bits per heavy atom. The molecule has 2 aromatic rings. The van der Waals surface area contributed by atoms with Crippen molar-refractivity contribution >= 4 is 11.9 Å². The highest BCUT2D eigenvalue weighted by atomic mass is 19.1. The summed E-state index contributed by atoms with van der Waals surface area (Å²) in [5.74, 6) is -1.71. The largest absolute Gasteiger partial charge is 0.481 e. The van der Waals surface area contributed by atoms with E-state index < -0.39 is 36.3 Å². The van der Waals surface area contributed by atoms with Gasteiger partial charge in [0, 0.05) is 37.6 Å². The SMILES string of the molecule is CC(C)c1nc(N(C)C)nc2c1C(C)[C@H](C(O)CC(O)CC(=O)O)c1cc(F)ccc1-2. The number of carboxylic acid groups (broad SMARTS) is 1. The number of halogens is 1. The Bertz CT molecular complexity index is 980. The Hall–Kier alpha value is -2.58. The highest BCUT2D eigenvalue weighted by molar-refractivity contribution is 5.74. The first-order valence-electron chi connectivity index (χ1n) is 10.5. The van der Waals surface area contributed by atoms with E-state index in [9.17, 15) is 19.4 Å². The van der Waals surface area contributed by atoms with Gasteiger partial charge in [-0.1, -0.05) is 20.8 Å². The third-order valence-electron chi connectivity index (χ3n) is 5.87. The minimum absolute atomic E-state index is 0.0929. The maximum absolute atomic E-state index is 14.2. The molecule has 1 aliphatic carbocycles. The van der Waals surface area contributed by atoms with Gasteiger partial charge in [-0.25, -0.2) is 14.4 Å². The lowest BCUT2D eigenvalue weighted by molar-refractivity contribution is -0.139. The molecular formula is C23H30FN3O4. The average molecular weight is 432 g/mol. The lowest BCUT2D eigenvalue weighted by atomic mass is 9.69. The summed E-state index contributed by atoms with van der Waals surface area (Å²) in [7, 11) is 3.72. The van der Waals surface area contributed by atoms with E-state index in [1.165, 1.54) is 12.1 Å². The van der Waals surface area contributed by atoms with Crippen LogP contribution in [0.15, 0.2) is 18.2 Å². The zero-order chi connectivity index (χ0) is 23.0. The number of aliphatic carboxylic acids is 1. The van der Waals surface area contributed by atoms with Gasteiger partial charge < -0.3 is 20.2 Å². The lowest BCUT2D eigenvalue weighted by Crippen LogP contribution is -2.32.